The van der Waals surface area contributed by atoms with Crippen LogP contribution in [0.4, 0.5) is 10.1 Å². The van der Waals surface area contributed by atoms with Gasteiger partial charge < -0.3 is 15.4 Å². The summed E-state index contributed by atoms with van der Waals surface area (Å²) in [6, 6.07) is 0. The maximum absolute atomic E-state index is 12.1. The Morgan fingerprint density at radius 2 is 2.00 bits per heavy atom. The topological polar surface area (TPSA) is 93.2 Å². The minimum absolute atomic E-state index is 0.189. The van der Waals surface area contributed by atoms with E-state index in [1.54, 1.807) is 7.05 Å². The van der Waals surface area contributed by atoms with Crippen LogP contribution < -0.4 is 10.6 Å². The molecule has 7 nitrogen and oxygen atoms in total. The molecule has 0 bridgehead atoms. The number of rotatable bonds is 6. The first-order chi connectivity index (χ1) is 11.0. The van der Waals surface area contributed by atoms with E-state index < -0.39 is 5.97 Å². The highest BCUT2D eigenvalue weighted by Gasteiger charge is 2.21. The Balaban J connectivity index is 2.02. The smallest absolute Gasteiger partial charge is 0.341 e. The van der Waals surface area contributed by atoms with E-state index in [9.17, 15) is 9.59 Å². The molecular formula is C13H16N4O3S3. The Kier molecular flexibility index (Phi) is 5.97. The summed E-state index contributed by atoms with van der Waals surface area (Å²) in [5.74, 6) is -0.463. The van der Waals surface area contributed by atoms with Crippen molar-refractivity contribution in [2.24, 2.45) is 0 Å². The molecule has 0 saturated heterocycles. The van der Waals surface area contributed by atoms with Gasteiger partial charge in [-0.1, -0.05) is 23.1 Å². The summed E-state index contributed by atoms with van der Waals surface area (Å²) in [6.45, 7) is 3.74. The molecule has 2 aromatic heterocycles. The second kappa shape index (κ2) is 7.75. The molecule has 0 aliphatic heterocycles. The second-order valence-electron chi connectivity index (χ2n) is 4.44. The number of esters is 1. The van der Waals surface area contributed by atoms with E-state index in [0.717, 1.165) is 10.4 Å². The number of anilines is 2. The van der Waals surface area contributed by atoms with E-state index in [4.69, 9.17) is 4.74 Å². The molecule has 0 aliphatic carbocycles. The zero-order chi connectivity index (χ0) is 17.0. The van der Waals surface area contributed by atoms with Crippen molar-refractivity contribution in [3.05, 3.63) is 16.0 Å². The van der Waals surface area contributed by atoms with Crippen molar-refractivity contribution in [3.63, 3.8) is 0 Å². The van der Waals surface area contributed by atoms with Crippen molar-refractivity contribution in [2.45, 2.75) is 18.2 Å². The largest absolute Gasteiger partial charge is 0.465 e. The number of ether oxygens (including phenoxy) is 1. The maximum atomic E-state index is 12.1. The highest BCUT2D eigenvalue weighted by molar-refractivity contribution is 8.01. The molecule has 0 fully saturated rings. The predicted molar refractivity (Wildman–Crippen MR) is 93.9 cm³/mol. The first-order valence-corrected chi connectivity index (χ1v) is 9.20. The molecule has 0 aliphatic rings. The monoisotopic (exact) mass is 372 g/mol. The number of carbonyl (C=O) groups excluding carboxylic acids is 2. The van der Waals surface area contributed by atoms with E-state index in [1.807, 2.05) is 13.8 Å². The average Bonchev–Trinajstić information content (AvgIpc) is 3.10. The van der Waals surface area contributed by atoms with Crippen molar-refractivity contribution in [2.75, 3.05) is 30.5 Å². The van der Waals surface area contributed by atoms with Gasteiger partial charge in [0.15, 0.2) is 4.34 Å². The van der Waals surface area contributed by atoms with Gasteiger partial charge >= 0.3 is 5.97 Å². The molecule has 2 N–H and O–H groups in total. The van der Waals surface area contributed by atoms with Crippen molar-refractivity contribution in [3.8, 4) is 0 Å². The Labute approximate surface area is 145 Å². The van der Waals surface area contributed by atoms with Crippen LogP contribution in [0.2, 0.25) is 0 Å². The molecule has 0 saturated carbocycles. The zero-order valence-corrected chi connectivity index (χ0v) is 15.5. The second-order valence-corrected chi connectivity index (χ2v) is 7.86. The van der Waals surface area contributed by atoms with Gasteiger partial charge in [0.1, 0.15) is 5.00 Å². The number of nitrogens with zero attached hydrogens (tertiary/aromatic N) is 2. The summed E-state index contributed by atoms with van der Waals surface area (Å²) >= 11 is 4.04. The number of methoxy groups -OCH3 is 1. The number of carbonyl (C=O) groups is 2. The summed E-state index contributed by atoms with van der Waals surface area (Å²) < 4.78 is 5.49. The Bertz CT molecular complexity index is 726. The molecule has 2 rings (SSSR count). The van der Waals surface area contributed by atoms with E-state index in [0.29, 0.717) is 20.0 Å². The lowest BCUT2D eigenvalue weighted by molar-refractivity contribution is -0.113. The molecule has 0 atom stereocenters. The van der Waals surface area contributed by atoms with Gasteiger partial charge in [0.25, 0.3) is 0 Å². The Morgan fingerprint density at radius 1 is 1.26 bits per heavy atom. The first kappa shape index (κ1) is 17.7. The van der Waals surface area contributed by atoms with Crippen molar-refractivity contribution in [1.29, 1.82) is 0 Å². The highest BCUT2D eigenvalue weighted by atomic mass is 32.2. The van der Waals surface area contributed by atoms with Crippen LogP contribution in [0.15, 0.2) is 4.34 Å². The van der Waals surface area contributed by atoms with Crippen molar-refractivity contribution < 1.29 is 14.3 Å². The third-order valence-corrected chi connectivity index (χ3v) is 6.17. The van der Waals surface area contributed by atoms with Crippen LogP contribution in [0.3, 0.4) is 0 Å². The fraction of sp³-hybridized carbons (Fsp3) is 0.385. The summed E-state index contributed by atoms with van der Waals surface area (Å²) in [4.78, 5) is 24.9. The number of thiophene rings is 1. The van der Waals surface area contributed by atoms with Crippen LogP contribution in [0.1, 0.15) is 20.8 Å². The number of thioether (sulfide) groups is 1. The van der Waals surface area contributed by atoms with Crippen LogP contribution in [0, 0.1) is 13.8 Å². The number of hydrogen-bond acceptors (Lipinski definition) is 9. The quantitative estimate of drug-likeness (QED) is 0.595. The van der Waals surface area contributed by atoms with E-state index in [-0.39, 0.29) is 11.7 Å². The van der Waals surface area contributed by atoms with Crippen molar-refractivity contribution in [1.82, 2.24) is 10.2 Å². The van der Waals surface area contributed by atoms with Gasteiger partial charge in [-0.25, -0.2) is 4.79 Å². The highest BCUT2D eigenvalue weighted by Crippen LogP contribution is 2.33. The summed E-state index contributed by atoms with van der Waals surface area (Å²) in [5.41, 5.74) is 1.24. The Morgan fingerprint density at radius 3 is 2.61 bits per heavy atom. The SMILES string of the molecule is CNc1nnc(SCC(=O)Nc2sc(C)c(C)c2C(=O)OC)s1. The minimum atomic E-state index is -0.447. The fourth-order valence-electron chi connectivity index (χ4n) is 1.72. The average molecular weight is 372 g/mol. The van der Waals surface area contributed by atoms with Crippen LogP contribution in [0.5, 0.6) is 0 Å². The number of amides is 1. The van der Waals surface area contributed by atoms with Gasteiger partial charge in [-0.2, -0.15) is 0 Å². The summed E-state index contributed by atoms with van der Waals surface area (Å²) in [5, 5.41) is 14.8. The van der Waals surface area contributed by atoms with Crippen LogP contribution in [-0.4, -0.2) is 42.0 Å². The molecule has 2 heterocycles. The molecule has 10 heteroatoms. The lowest BCUT2D eigenvalue weighted by atomic mass is 10.1. The van der Waals surface area contributed by atoms with Gasteiger partial charge in [0, 0.05) is 11.9 Å². The van der Waals surface area contributed by atoms with E-state index >= 15 is 0 Å². The van der Waals surface area contributed by atoms with Crippen LogP contribution >= 0.6 is 34.4 Å². The third kappa shape index (κ3) is 4.21. The van der Waals surface area contributed by atoms with Gasteiger partial charge in [-0.3, -0.25) is 4.79 Å². The molecule has 0 unspecified atom stereocenters. The molecule has 0 aromatic carbocycles. The van der Waals surface area contributed by atoms with Gasteiger partial charge in [0.2, 0.25) is 11.0 Å². The molecule has 124 valence electrons. The Hall–Kier alpha value is -1.65. The molecule has 0 radical (unpaired) electrons. The minimum Gasteiger partial charge on any atom is -0.465 e. The first-order valence-electron chi connectivity index (χ1n) is 6.58. The molecule has 0 spiro atoms. The predicted octanol–water partition coefficient (Wildman–Crippen LogP) is 2.78. The maximum Gasteiger partial charge on any atom is 0.341 e. The van der Waals surface area contributed by atoms with Crippen LogP contribution in [-0.2, 0) is 9.53 Å². The third-order valence-electron chi connectivity index (χ3n) is 2.97. The number of aryl methyl sites for hydroxylation is 1. The van der Waals surface area contributed by atoms with Crippen LogP contribution in [0.25, 0.3) is 0 Å². The van der Waals surface area contributed by atoms with E-state index in [1.165, 1.54) is 41.5 Å². The molecule has 23 heavy (non-hydrogen) atoms. The number of hydrogen-bond donors (Lipinski definition) is 2. The number of aromatic nitrogens is 2. The zero-order valence-electron chi connectivity index (χ0n) is 13.1. The molecular weight excluding hydrogens is 356 g/mol. The molecule has 1 amide bonds. The number of nitrogens with one attached hydrogen (secondary N) is 2. The van der Waals surface area contributed by atoms with Gasteiger partial charge in [-0.15, -0.1) is 21.5 Å². The van der Waals surface area contributed by atoms with Gasteiger partial charge in [-0.05, 0) is 19.4 Å². The van der Waals surface area contributed by atoms with E-state index in [2.05, 4.69) is 20.8 Å². The standard InChI is InChI=1S/C13H16N4O3S3/c1-6-7(2)22-10(9(6)11(19)20-4)15-8(18)5-21-13-17-16-12(14-3)23-13/h5H2,1-4H3,(H,14,16)(H,15,18). The lowest BCUT2D eigenvalue weighted by Crippen LogP contribution is -2.16. The summed E-state index contributed by atoms with van der Waals surface area (Å²) in [6.07, 6.45) is 0. The molecule has 2 aromatic rings. The summed E-state index contributed by atoms with van der Waals surface area (Å²) in [7, 11) is 3.09. The fourth-order valence-corrected chi connectivity index (χ4v) is 4.29. The lowest BCUT2D eigenvalue weighted by Gasteiger charge is -2.05. The van der Waals surface area contributed by atoms with Crippen molar-refractivity contribution >= 4 is 56.4 Å². The van der Waals surface area contributed by atoms with Gasteiger partial charge in [0.05, 0.1) is 18.4 Å². The normalized spacial score (nSPS) is 10.4.